The smallest absolute Gasteiger partial charge is 0.355 e. The van der Waals surface area contributed by atoms with Crippen LogP contribution in [-0.2, 0) is 11.8 Å². The molecule has 0 saturated heterocycles. The highest BCUT2D eigenvalue weighted by Gasteiger charge is 2.22. The topological polar surface area (TPSA) is 57.5 Å². The van der Waals surface area contributed by atoms with Crippen LogP contribution >= 0.6 is 0 Å². The highest BCUT2D eigenvalue weighted by Crippen LogP contribution is 2.32. The van der Waals surface area contributed by atoms with Gasteiger partial charge in [0.05, 0.1) is 19.6 Å². The van der Waals surface area contributed by atoms with Crippen LogP contribution in [0.15, 0.2) is 53.3 Å². The SMILES string of the molecule is COC(=O)c1c(-c2ccccc2)c2ccc(OC)cc2c(=O)n1C. The number of fused-ring (bicyclic) bond motifs is 1. The summed E-state index contributed by atoms with van der Waals surface area (Å²) in [7, 11) is 4.42. The molecule has 2 aromatic carbocycles. The molecule has 0 radical (unpaired) electrons. The summed E-state index contributed by atoms with van der Waals surface area (Å²) in [5.74, 6) is 0.0376. The Bertz CT molecular complexity index is 974. The molecule has 0 aliphatic heterocycles. The Labute approximate surface area is 139 Å². The van der Waals surface area contributed by atoms with Crippen LogP contribution in [0.25, 0.3) is 21.9 Å². The molecular weight excluding hydrogens is 306 g/mol. The number of methoxy groups -OCH3 is 2. The summed E-state index contributed by atoms with van der Waals surface area (Å²) in [6.45, 7) is 0. The molecule has 1 heterocycles. The molecule has 24 heavy (non-hydrogen) atoms. The number of esters is 1. The maximum Gasteiger partial charge on any atom is 0.355 e. The Morgan fingerprint density at radius 2 is 1.71 bits per heavy atom. The molecule has 3 rings (SSSR count). The first kappa shape index (κ1) is 15.8. The second-order valence-corrected chi connectivity index (χ2v) is 5.36. The first-order valence-corrected chi connectivity index (χ1v) is 7.43. The van der Waals surface area contributed by atoms with Crippen molar-refractivity contribution in [2.24, 2.45) is 7.05 Å². The predicted molar refractivity (Wildman–Crippen MR) is 92.5 cm³/mol. The molecule has 0 N–H and O–H groups in total. The minimum Gasteiger partial charge on any atom is -0.497 e. The largest absolute Gasteiger partial charge is 0.497 e. The Balaban J connectivity index is 2.52. The van der Waals surface area contributed by atoms with Crippen LogP contribution in [0.2, 0.25) is 0 Å². The van der Waals surface area contributed by atoms with Crippen molar-refractivity contribution in [3.05, 3.63) is 64.6 Å². The lowest BCUT2D eigenvalue weighted by Gasteiger charge is -2.16. The number of nitrogens with zero attached hydrogens (tertiary/aromatic N) is 1. The van der Waals surface area contributed by atoms with E-state index in [1.165, 1.54) is 11.7 Å². The number of aromatic nitrogens is 1. The van der Waals surface area contributed by atoms with E-state index >= 15 is 0 Å². The molecule has 5 heteroatoms. The van der Waals surface area contributed by atoms with E-state index in [2.05, 4.69) is 0 Å². The van der Waals surface area contributed by atoms with Crippen molar-refractivity contribution in [3.8, 4) is 16.9 Å². The number of ether oxygens (including phenoxy) is 2. The zero-order chi connectivity index (χ0) is 17.3. The standard InChI is InChI=1S/C19H17NO4/c1-20-17(19(22)24-3)16(12-7-5-4-6-8-12)14-10-9-13(23-2)11-15(14)18(20)21/h4-11H,1-3H3. The third-order valence-corrected chi connectivity index (χ3v) is 4.04. The summed E-state index contributed by atoms with van der Waals surface area (Å²) in [6.07, 6.45) is 0. The Morgan fingerprint density at radius 3 is 2.33 bits per heavy atom. The number of rotatable bonds is 3. The van der Waals surface area contributed by atoms with Gasteiger partial charge < -0.3 is 14.0 Å². The van der Waals surface area contributed by atoms with Gasteiger partial charge in [-0.25, -0.2) is 4.79 Å². The van der Waals surface area contributed by atoms with E-state index in [1.54, 1.807) is 32.4 Å². The summed E-state index contributed by atoms with van der Waals surface area (Å²) >= 11 is 0. The molecule has 122 valence electrons. The van der Waals surface area contributed by atoms with Gasteiger partial charge in [0, 0.05) is 12.6 Å². The number of carbonyl (C=O) groups is 1. The van der Waals surface area contributed by atoms with Crippen molar-refractivity contribution in [2.45, 2.75) is 0 Å². The molecule has 0 aliphatic carbocycles. The van der Waals surface area contributed by atoms with Crippen LogP contribution in [0.5, 0.6) is 5.75 Å². The highest BCUT2D eigenvalue weighted by atomic mass is 16.5. The molecule has 0 spiro atoms. The van der Waals surface area contributed by atoms with Crippen molar-refractivity contribution >= 4 is 16.7 Å². The fraction of sp³-hybridized carbons (Fsp3) is 0.158. The summed E-state index contributed by atoms with van der Waals surface area (Å²) in [4.78, 5) is 25.1. The van der Waals surface area contributed by atoms with Gasteiger partial charge >= 0.3 is 5.97 Å². The summed E-state index contributed by atoms with van der Waals surface area (Å²) < 4.78 is 11.5. The number of pyridine rings is 1. The average molecular weight is 323 g/mol. The van der Waals surface area contributed by atoms with E-state index in [0.717, 1.165) is 5.56 Å². The van der Waals surface area contributed by atoms with E-state index in [1.807, 2.05) is 30.3 Å². The number of hydrogen-bond acceptors (Lipinski definition) is 4. The maximum atomic E-state index is 12.7. The third-order valence-electron chi connectivity index (χ3n) is 4.04. The summed E-state index contributed by atoms with van der Waals surface area (Å²) in [5, 5.41) is 1.17. The van der Waals surface area contributed by atoms with E-state index in [4.69, 9.17) is 9.47 Å². The van der Waals surface area contributed by atoms with Gasteiger partial charge in [-0.05, 0) is 29.1 Å². The normalized spacial score (nSPS) is 10.6. The van der Waals surface area contributed by atoms with Crippen LogP contribution < -0.4 is 10.3 Å². The van der Waals surface area contributed by atoms with Crippen molar-refractivity contribution in [2.75, 3.05) is 14.2 Å². The quantitative estimate of drug-likeness (QED) is 0.695. The lowest BCUT2D eigenvalue weighted by Crippen LogP contribution is -2.25. The Morgan fingerprint density at radius 1 is 1.00 bits per heavy atom. The first-order valence-electron chi connectivity index (χ1n) is 7.43. The van der Waals surface area contributed by atoms with Crippen LogP contribution in [0.1, 0.15) is 10.5 Å². The minimum absolute atomic E-state index is 0.228. The number of hydrogen-bond donors (Lipinski definition) is 0. The molecule has 0 aliphatic rings. The molecule has 1 aromatic heterocycles. The molecule has 0 fully saturated rings. The predicted octanol–water partition coefficient (Wildman–Crippen LogP) is 3.00. The van der Waals surface area contributed by atoms with Crippen molar-refractivity contribution in [1.29, 1.82) is 0 Å². The minimum atomic E-state index is -0.550. The number of benzene rings is 2. The molecular formula is C19H17NO4. The fourth-order valence-corrected chi connectivity index (χ4v) is 2.86. The zero-order valence-electron chi connectivity index (χ0n) is 13.7. The summed E-state index contributed by atoms with van der Waals surface area (Å²) in [6, 6.07) is 14.7. The Kier molecular flexibility index (Phi) is 4.08. The highest BCUT2D eigenvalue weighted by molar-refractivity contribution is 6.06. The van der Waals surface area contributed by atoms with Crippen LogP contribution in [-0.4, -0.2) is 24.8 Å². The molecule has 5 nitrogen and oxygen atoms in total. The van der Waals surface area contributed by atoms with Gasteiger partial charge in [-0.2, -0.15) is 0 Å². The Hall–Kier alpha value is -3.08. The van der Waals surface area contributed by atoms with Gasteiger partial charge in [-0.3, -0.25) is 4.79 Å². The van der Waals surface area contributed by atoms with Gasteiger partial charge in [0.2, 0.25) is 0 Å². The molecule has 0 bridgehead atoms. The van der Waals surface area contributed by atoms with Gasteiger partial charge in [0.25, 0.3) is 5.56 Å². The van der Waals surface area contributed by atoms with Gasteiger partial charge in [-0.1, -0.05) is 30.3 Å². The van der Waals surface area contributed by atoms with Crippen molar-refractivity contribution in [1.82, 2.24) is 4.57 Å². The monoisotopic (exact) mass is 323 g/mol. The number of carbonyl (C=O) groups excluding carboxylic acids is 1. The lowest BCUT2D eigenvalue weighted by molar-refractivity contribution is 0.0589. The average Bonchev–Trinajstić information content (AvgIpc) is 2.64. The molecule has 0 atom stereocenters. The van der Waals surface area contributed by atoms with Crippen LogP contribution in [0.4, 0.5) is 0 Å². The van der Waals surface area contributed by atoms with Crippen LogP contribution in [0.3, 0.4) is 0 Å². The second-order valence-electron chi connectivity index (χ2n) is 5.36. The van der Waals surface area contributed by atoms with E-state index in [0.29, 0.717) is 22.1 Å². The fourth-order valence-electron chi connectivity index (χ4n) is 2.86. The molecule has 0 amide bonds. The van der Waals surface area contributed by atoms with Crippen molar-refractivity contribution in [3.63, 3.8) is 0 Å². The molecule has 0 unspecified atom stereocenters. The maximum absolute atomic E-state index is 12.7. The summed E-state index contributed by atoms with van der Waals surface area (Å²) in [5.41, 5.74) is 1.46. The van der Waals surface area contributed by atoms with Crippen LogP contribution in [0, 0.1) is 0 Å². The zero-order valence-corrected chi connectivity index (χ0v) is 13.7. The third kappa shape index (κ3) is 2.44. The van der Waals surface area contributed by atoms with Gasteiger partial charge in [-0.15, -0.1) is 0 Å². The first-order chi connectivity index (χ1) is 11.6. The van der Waals surface area contributed by atoms with Crippen molar-refractivity contribution < 1.29 is 14.3 Å². The van der Waals surface area contributed by atoms with E-state index < -0.39 is 5.97 Å². The lowest BCUT2D eigenvalue weighted by atomic mass is 9.96. The van der Waals surface area contributed by atoms with Gasteiger partial charge in [0.1, 0.15) is 11.4 Å². The van der Waals surface area contributed by atoms with E-state index in [-0.39, 0.29) is 11.3 Å². The molecule has 3 aromatic rings. The van der Waals surface area contributed by atoms with E-state index in [9.17, 15) is 9.59 Å². The molecule has 0 saturated carbocycles. The second kappa shape index (κ2) is 6.20. The van der Waals surface area contributed by atoms with Gasteiger partial charge in [0.15, 0.2) is 0 Å².